The van der Waals surface area contributed by atoms with E-state index in [1.165, 1.54) is 0 Å². The van der Waals surface area contributed by atoms with E-state index >= 15 is 0 Å². The van der Waals surface area contributed by atoms with E-state index in [9.17, 15) is 9.90 Å². The van der Waals surface area contributed by atoms with Gasteiger partial charge in [-0.1, -0.05) is 50.2 Å². The molecule has 0 fully saturated rings. The monoisotopic (exact) mass is 340 g/mol. The highest BCUT2D eigenvalue weighted by Gasteiger charge is 2.38. The van der Waals surface area contributed by atoms with Gasteiger partial charge in [0, 0.05) is 29.4 Å². The average molecular weight is 340 g/mol. The summed E-state index contributed by atoms with van der Waals surface area (Å²) in [4.78, 5) is 14.5. The fourth-order valence-electron chi connectivity index (χ4n) is 2.92. The molecule has 0 radical (unpaired) electrons. The van der Waals surface area contributed by atoms with Gasteiger partial charge in [-0.05, 0) is 18.2 Å². The number of nitrogens with zero attached hydrogens (tertiary/aromatic N) is 1. The van der Waals surface area contributed by atoms with Crippen LogP contribution in [0.5, 0.6) is 0 Å². The van der Waals surface area contributed by atoms with Crippen LogP contribution in [0.3, 0.4) is 0 Å². The van der Waals surface area contributed by atoms with Crippen LogP contribution in [0.2, 0.25) is 0 Å². The Morgan fingerprint density at radius 2 is 1.80 bits per heavy atom. The molecule has 2 N–H and O–H groups in total. The summed E-state index contributed by atoms with van der Waals surface area (Å²) in [6.07, 6.45) is -1.16. The van der Waals surface area contributed by atoms with E-state index in [2.05, 4.69) is 5.32 Å². The first kappa shape index (κ1) is 17.6. The highest BCUT2D eigenvalue weighted by atomic mass is 16.5. The van der Waals surface area contributed by atoms with Crippen molar-refractivity contribution in [2.75, 3.05) is 18.1 Å². The Balaban J connectivity index is 1.79. The molecular weight excluding hydrogens is 316 g/mol. The Morgan fingerprint density at radius 1 is 1.12 bits per heavy atom. The smallest absolute Gasteiger partial charge is 0.261 e. The second kappa shape index (κ2) is 7.78. The number of ether oxygens (including phenoxy) is 1. The maximum Gasteiger partial charge on any atom is 0.261 e. The zero-order valence-electron chi connectivity index (χ0n) is 14.6. The van der Waals surface area contributed by atoms with Crippen molar-refractivity contribution in [3.05, 3.63) is 65.7 Å². The molecule has 1 aliphatic heterocycles. The van der Waals surface area contributed by atoms with Crippen LogP contribution < -0.4 is 10.2 Å². The van der Waals surface area contributed by atoms with Crippen molar-refractivity contribution in [2.24, 2.45) is 0 Å². The number of hydrogen-bond acceptors (Lipinski definition) is 4. The van der Waals surface area contributed by atoms with Crippen LogP contribution in [0.25, 0.3) is 0 Å². The Kier molecular flexibility index (Phi) is 5.48. The van der Waals surface area contributed by atoms with E-state index < -0.39 is 12.3 Å². The van der Waals surface area contributed by atoms with Crippen molar-refractivity contribution in [1.82, 2.24) is 5.32 Å². The molecule has 1 aliphatic rings. The molecule has 5 heteroatoms. The van der Waals surface area contributed by atoms with Gasteiger partial charge < -0.3 is 15.2 Å². The fourth-order valence-corrected chi connectivity index (χ4v) is 2.92. The maximum absolute atomic E-state index is 12.8. The minimum absolute atomic E-state index is 0.0819. The van der Waals surface area contributed by atoms with Crippen molar-refractivity contribution < 1.29 is 14.6 Å². The number of aliphatic hydroxyl groups excluding tert-OH is 1. The maximum atomic E-state index is 12.8. The third kappa shape index (κ3) is 3.90. The molecule has 0 saturated heterocycles. The van der Waals surface area contributed by atoms with Crippen molar-refractivity contribution in [2.45, 2.75) is 32.2 Å². The highest BCUT2D eigenvalue weighted by Crippen LogP contribution is 2.38. The van der Waals surface area contributed by atoms with E-state index in [0.717, 1.165) is 11.3 Å². The van der Waals surface area contributed by atoms with Gasteiger partial charge in [-0.25, -0.2) is 0 Å². The number of carbonyl (C=O) groups excluding carboxylic acids is 1. The zero-order valence-corrected chi connectivity index (χ0v) is 14.6. The van der Waals surface area contributed by atoms with E-state index in [1.807, 2.05) is 68.4 Å². The van der Waals surface area contributed by atoms with Gasteiger partial charge in [0.1, 0.15) is 0 Å². The molecule has 1 amide bonds. The van der Waals surface area contributed by atoms with Crippen molar-refractivity contribution in [1.29, 1.82) is 0 Å². The van der Waals surface area contributed by atoms with Crippen molar-refractivity contribution >= 4 is 11.6 Å². The summed E-state index contributed by atoms with van der Waals surface area (Å²) in [5.74, 6) is -0.0819. The summed E-state index contributed by atoms with van der Waals surface area (Å²) in [6.45, 7) is 4.65. The lowest BCUT2D eigenvalue weighted by atomic mass is 10.1. The van der Waals surface area contributed by atoms with Crippen LogP contribution >= 0.6 is 0 Å². The number of nitrogens with one attached hydrogen (secondary N) is 1. The van der Waals surface area contributed by atoms with Gasteiger partial charge in [-0.3, -0.25) is 9.69 Å². The predicted octanol–water partition coefficient (Wildman–Crippen LogP) is 2.72. The molecule has 0 saturated carbocycles. The minimum Gasteiger partial charge on any atom is -0.389 e. The molecule has 25 heavy (non-hydrogen) atoms. The third-order valence-corrected chi connectivity index (χ3v) is 4.15. The molecule has 0 bridgehead atoms. The third-order valence-electron chi connectivity index (χ3n) is 4.15. The minimum atomic E-state index is -0.636. The lowest BCUT2D eigenvalue weighted by molar-refractivity contribution is -0.00721. The molecule has 3 rings (SSSR count). The number of amides is 1. The van der Waals surface area contributed by atoms with E-state index in [4.69, 9.17) is 4.74 Å². The largest absolute Gasteiger partial charge is 0.389 e. The van der Waals surface area contributed by atoms with E-state index in [1.54, 1.807) is 4.90 Å². The lowest BCUT2D eigenvalue weighted by Crippen LogP contribution is -2.36. The summed E-state index contributed by atoms with van der Waals surface area (Å²) in [6, 6.07) is 17.2. The standard InChI is InChI=1S/C20H24N2O3/c1-14(2)21-12-16(23)13-25-20-18-11-7-6-10-17(18)19(24)22(20)15-8-4-3-5-9-15/h3-11,14,16,20-21,23H,12-13H2,1-2H3/t16-,20-/m0/s1. The summed E-state index contributed by atoms with van der Waals surface area (Å²) >= 11 is 0. The Bertz CT molecular complexity index is 718. The molecule has 0 unspecified atom stereocenters. The molecule has 1 heterocycles. The predicted molar refractivity (Wildman–Crippen MR) is 97.5 cm³/mol. The first-order valence-electron chi connectivity index (χ1n) is 8.58. The number of carbonyl (C=O) groups is 1. The number of fused-ring (bicyclic) bond motifs is 1. The normalized spacial score (nSPS) is 17.8. The summed E-state index contributed by atoms with van der Waals surface area (Å²) < 4.78 is 5.98. The second-order valence-electron chi connectivity index (χ2n) is 6.50. The molecule has 0 spiro atoms. The average Bonchev–Trinajstić information content (AvgIpc) is 2.91. The Hall–Kier alpha value is -2.21. The van der Waals surface area contributed by atoms with Gasteiger partial charge in [-0.15, -0.1) is 0 Å². The summed E-state index contributed by atoms with van der Waals surface area (Å²) in [7, 11) is 0. The summed E-state index contributed by atoms with van der Waals surface area (Å²) in [5.41, 5.74) is 2.26. The number of benzene rings is 2. The molecule has 0 aliphatic carbocycles. The Morgan fingerprint density at radius 3 is 2.52 bits per heavy atom. The van der Waals surface area contributed by atoms with Crippen LogP contribution in [0.1, 0.15) is 36.0 Å². The zero-order chi connectivity index (χ0) is 17.8. The first-order chi connectivity index (χ1) is 12.1. The number of anilines is 1. The van der Waals surface area contributed by atoms with E-state index in [0.29, 0.717) is 18.2 Å². The first-order valence-corrected chi connectivity index (χ1v) is 8.58. The van der Waals surface area contributed by atoms with Gasteiger partial charge in [0.15, 0.2) is 6.23 Å². The topological polar surface area (TPSA) is 61.8 Å². The highest BCUT2D eigenvalue weighted by molar-refractivity contribution is 6.10. The van der Waals surface area contributed by atoms with Crippen molar-refractivity contribution in [3.63, 3.8) is 0 Å². The number of hydrogen-bond donors (Lipinski definition) is 2. The van der Waals surface area contributed by atoms with Crippen LogP contribution in [0, 0.1) is 0 Å². The quantitative estimate of drug-likeness (QED) is 0.814. The molecule has 2 aromatic carbocycles. The fraction of sp³-hybridized carbons (Fsp3) is 0.350. The molecule has 2 aromatic rings. The van der Waals surface area contributed by atoms with Crippen LogP contribution in [0.4, 0.5) is 5.69 Å². The second-order valence-corrected chi connectivity index (χ2v) is 6.50. The molecule has 5 nitrogen and oxygen atoms in total. The SMILES string of the molecule is CC(C)NC[C@H](O)CO[C@H]1c2ccccc2C(=O)N1c1ccccc1. The molecular formula is C20H24N2O3. The van der Waals surface area contributed by atoms with Gasteiger partial charge in [-0.2, -0.15) is 0 Å². The summed E-state index contributed by atoms with van der Waals surface area (Å²) in [5, 5.41) is 13.3. The number of aliphatic hydroxyl groups is 1. The van der Waals surface area contributed by atoms with Crippen LogP contribution in [-0.2, 0) is 4.74 Å². The van der Waals surface area contributed by atoms with Gasteiger partial charge in [0.2, 0.25) is 0 Å². The lowest BCUT2D eigenvalue weighted by Gasteiger charge is -2.26. The van der Waals surface area contributed by atoms with E-state index in [-0.39, 0.29) is 12.5 Å². The van der Waals surface area contributed by atoms with Crippen molar-refractivity contribution in [3.8, 4) is 0 Å². The molecule has 0 aromatic heterocycles. The number of rotatable bonds is 7. The number of para-hydroxylation sites is 1. The van der Waals surface area contributed by atoms with Crippen LogP contribution in [-0.4, -0.2) is 36.3 Å². The van der Waals surface area contributed by atoms with Gasteiger partial charge in [0.25, 0.3) is 5.91 Å². The molecule has 132 valence electrons. The van der Waals surface area contributed by atoms with Gasteiger partial charge in [0.05, 0.1) is 12.7 Å². The van der Waals surface area contributed by atoms with Crippen LogP contribution in [0.15, 0.2) is 54.6 Å². The Labute approximate surface area is 148 Å². The van der Waals surface area contributed by atoms with Gasteiger partial charge >= 0.3 is 0 Å². The molecule has 2 atom stereocenters.